The van der Waals surface area contributed by atoms with Crippen LogP contribution in [0.1, 0.15) is 245 Å². The zero-order valence-electron chi connectivity index (χ0n) is 36.4. The average molecular weight is 801 g/mol. The maximum atomic E-state index is 12.5. The first-order valence-electron chi connectivity index (χ1n) is 23.5. The topological polar surface area (TPSA) is 108 Å². The Labute approximate surface area is 340 Å². The van der Waals surface area contributed by atoms with E-state index in [9.17, 15) is 19.0 Å². The van der Waals surface area contributed by atoms with E-state index in [1.54, 1.807) is 6.92 Å². The monoisotopic (exact) mass is 801 g/mol. The SMILES string of the molecule is CCCCCCC/C=C\CCCCCCCC(=O)OC(COC(=O)CCCCCCCCCCCCCCCCCCCCCCC)COP(=O)(O)OCC. The Balaban J connectivity index is 3.96. The van der Waals surface area contributed by atoms with Crippen molar-refractivity contribution in [1.82, 2.24) is 0 Å². The van der Waals surface area contributed by atoms with Gasteiger partial charge < -0.3 is 14.4 Å². The number of ether oxygens (including phenoxy) is 2. The lowest BCUT2D eigenvalue weighted by Gasteiger charge is -2.19. The highest BCUT2D eigenvalue weighted by molar-refractivity contribution is 7.47. The Morgan fingerprint density at radius 1 is 0.473 bits per heavy atom. The van der Waals surface area contributed by atoms with E-state index in [1.807, 2.05) is 0 Å². The zero-order valence-corrected chi connectivity index (χ0v) is 37.2. The van der Waals surface area contributed by atoms with Crippen molar-refractivity contribution in [3.63, 3.8) is 0 Å². The molecule has 0 bridgehead atoms. The maximum Gasteiger partial charge on any atom is 0.472 e. The van der Waals surface area contributed by atoms with Crippen LogP contribution in [-0.2, 0) is 32.7 Å². The minimum Gasteiger partial charge on any atom is -0.462 e. The van der Waals surface area contributed by atoms with E-state index in [-0.39, 0.29) is 25.6 Å². The Morgan fingerprint density at radius 3 is 1.20 bits per heavy atom. The molecule has 8 nitrogen and oxygen atoms in total. The zero-order chi connectivity index (χ0) is 40.3. The molecule has 2 unspecified atom stereocenters. The quantitative estimate of drug-likeness (QED) is 0.0281. The first-order chi connectivity index (χ1) is 26.8. The summed E-state index contributed by atoms with van der Waals surface area (Å²) in [6, 6.07) is 0. The molecule has 0 aromatic heterocycles. The third kappa shape index (κ3) is 42.2. The van der Waals surface area contributed by atoms with E-state index < -0.39 is 26.5 Å². The third-order valence-corrected chi connectivity index (χ3v) is 11.4. The van der Waals surface area contributed by atoms with Gasteiger partial charge in [0.1, 0.15) is 6.61 Å². The van der Waals surface area contributed by atoms with Crippen LogP contribution < -0.4 is 0 Å². The summed E-state index contributed by atoms with van der Waals surface area (Å²) in [5, 5.41) is 0. The van der Waals surface area contributed by atoms with Crippen molar-refractivity contribution in [2.24, 2.45) is 0 Å². The lowest BCUT2D eigenvalue weighted by Crippen LogP contribution is -2.29. The predicted octanol–water partition coefficient (Wildman–Crippen LogP) is 14.8. The number of esters is 2. The number of unbranched alkanes of at least 4 members (excludes halogenated alkanes) is 30. The Bertz CT molecular complexity index is 910. The summed E-state index contributed by atoms with van der Waals surface area (Å²) in [5.74, 6) is -0.794. The van der Waals surface area contributed by atoms with Crippen molar-refractivity contribution in [2.45, 2.75) is 252 Å². The number of allylic oxidation sites excluding steroid dienone is 2. The van der Waals surface area contributed by atoms with E-state index in [0.717, 1.165) is 51.4 Å². The summed E-state index contributed by atoms with van der Waals surface area (Å²) in [6.45, 7) is 5.50. The molecule has 0 fully saturated rings. The van der Waals surface area contributed by atoms with Crippen LogP contribution in [0.3, 0.4) is 0 Å². The fourth-order valence-electron chi connectivity index (χ4n) is 6.86. The number of hydrogen-bond donors (Lipinski definition) is 1. The molecule has 0 spiro atoms. The second kappa shape index (κ2) is 42.4. The van der Waals surface area contributed by atoms with Crippen LogP contribution in [0.2, 0.25) is 0 Å². The number of phosphoric acid groups is 1. The number of phosphoric ester groups is 1. The number of rotatable bonds is 44. The highest BCUT2D eigenvalue weighted by atomic mass is 31.2. The Hall–Kier alpha value is -1.21. The molecule has 0 aromatic carbocycles. The largest absolute Gasteiger partial charge is 0.472 e. The highest BCUT2D eigenvalue weighted by Gasteiger charge is 2.25. The first kappa shape index (κ1) is 53.8. The van der Waals surface area contributed by atoms with E-state index >= 15 is 0 Å². The van der Waals surface area contributed by atoms with E-state index in [0.29, 0.717) is 12.8 Å². The Kier molecular flexibility index (Phi) is 41.5. The van der Waals surface area contributed by atoms with Crippen LogP contribution in [0, 0.1) is 0 Å². The van der Waals surface area contributed by atoms with Gasteiger partial charge >= 0.3 is 19.8 Å². The van der Waals surface area contributed by atoms with Crippen LogP contribution in [0.5, 0.6) is 0 Å². The molecular weight excluding hydrogens is 711 g/mol. The van der Waals surface area contributed by atoms with Gasteiger partial charge in [-0.2, -0.15) is 0 Å². The molecular formula is C46H89O8P. The van der Waals surface area contributed by atoms with Crippen LogP contribution in [0.25, 0.3) is 0 Å². The second-order valence-electron chi connectivity index (χ2n) is 15.8. The fourth-order valence-corrected chi connectivity index (χ4v) is 7.62. The molecule has 2 atom stereocenters. The average Bonchev–Trinajstić information content (AvgIpc) is 3.16. The van der Waals surface area contributed by atoms with Gasteiger partial charge in [-0.05, 0) is 45.4 Å². The third-order valence-electron chi connectivity index (χ3n) is 10.3. The van der Waals surface area contributed by atoms with Gasteiger partial charge in [-0.15, -0.1) is 0 Å². The van der Waals surface area contributed by atoms with E-state index in [1.165, 1.54) is 154 Å². The van der Waals surface area contributed by atoms with Crippen LogP contribution >= 0.6 is 7.82 Å². The first-order valence-corrected chi connectivity index (χ1v) is 25.0. The molecule has 0 aliphatic heterocycles. The van der Waals surface area contributed by atoms with Gasteiger partial charge in [0.2, 0.25) is 0 Å². The number of hydrogen-bond acceptors (Lipinski definition) is 7. The molecule has 0 aliphatic carbocycles. The molecule has 0 rings (SSSR count). The minimum absolute atomic E-state index is 0.00212. The fraction of sp³-hybridized carbons (Fsp3) is 0.913. The second-order valence-corrected chi connectivity index (χ2v) is 17.2. The number of carbonyl (C=O) groups excluding carboxylic acids is 2. The summed E-state index contributed by atoms with van der Waals surface area (Å²) < 4.78 is 32.7. The molecule has 9 heteroatoms. The normalized spacial score (nSPS) is 13.3. The van der Waals surface area contributed by atoms with Crippen molar-refractivity contribution in [3.8, 4) is 0 Å². The standard InChI is InChI=1S/C46H89O8P/c1-4-7-9-11-13-15-17-19-21-22-23-24-25-26-27-29-30-32-34-36-38-40-45(47)51-42-44(43-53-55(49,50)52-6-3)54-46(48)41-39-37-35-33-31-28-20-18-16-14-12-10-8-5-2/h18,20,44H,4-17,19,21-43H2,1-3H3,(H,49,50)/b20-18-. The molecule has 1 N–H and O–H groups in total. The molecule has 55 heavy (non-hydrogen) atoms. The van der Waals surface area contributed by atoms with Gasteiger partial charge in [-0.1, -0.05) is 199 Å². The summed E-state index contributed by atoms with van der Waals surface area (Å²) in [4.78, 5) is 34.8. The van der Waals surface area contributed by atoms with Crippen LogP contribution in [0.15, 0.2) is 12.2 Å². The summed E-state index contributed by atoms with van der Waals surface area (Å²) in [6.07, 6.45) is 45.6. The smallest absolute Gasteiger partial charge is 0.462 e. The van der Waals surface area contributed by atoms with Crippen molar-refractivity contribution in [2.75, 3.05) is 19.8 Å². The molecule has 0 aromatic rings. The summed E-state index contributed by atoms with van der Waals surface area (Å²) >= 11 is 0. The van der Waals surface area contributed by atoms with Crippen molar-refractivity contribution in [1.29, 1.82) is 0 Å². The maximum absolute atomic E-state index is 12.5. The molecule has 0 aliphatic rings. The van der Waals surface area contributed by atoms with Gasteiger partial charge in [0.05, 0.1) is 13.2 Å². The minimum atomic E-state index is -4.28. The van der Waals surface area contributed by atoms with Gasteiger partial charge in [-0.25, -0.2) is 4.57 Å². The molecule has 0 heterocycles. The molecule has 0 saturated heterocycles. The molecule has 326 valence electrons. The van der Waals surface area contributed by atoms with Gasteiger partial charge in [0.15, 0.2) is 6.10 Å². The van der Waals surface area contributed by atoms with Gasteiger partial charge in [-0.3, -0.25) is 18.6 Å². The molecule has 0 saturated carbocycles. The van der Waals surface area contributed by atoms with Gasteiger partial charge in [0, 0.05) is 12.8 Å². The lowest BCUT2D eigenvalue weighted by atomic mass is 10.0. The predicted molar refractivity (Wildman–Crippen MR) is 230 cm³/mol. The van der Waals surface area contributed by atoms with Crippen molar-refractivity contribution in [3.05, 3.63) is 12.2 Å². The molecule has 0 radical (unpaired) electrons. The lowest BCUT2D eigenvalue weighted by molar-refractivity contribution is -0.161. The van der Waals surface area contributed by atoms with E-state index in [2.05, 4.69) is 26.0 Å². The number of carbonyl (C=O) groups is 2. The summed E-state index contributed by atoms with van der Waals surface area (Å²) in [5.41, 5.74) is 0. The van der Waals surface area contributed by atoms with Crippen LogP contribution in [-0.4, -0.2) is 42.8 Å². The summed E-state index contributed by atoms with van der Waals surface area (Å²) in [7, 11) is -4.28. The Morgan fingerprint density at radius 2 is 0.818 bits per heavy atom. The highest BCUT2D eigenvalue weighted by Crippen LogP contribution is 2.43. The van der Waals surface area contributed by atoms with Crippen LogP contribution in [0.4, 0.5) is 0 Å². The van der Waals surface area contributed by atoms with Gasteiger partial charge in [0.25, 0.3) is 0 Å². The molecule has 0 amide bonds. The van der Waals surface area contributed by atoms with E-state index in [4.69, 9.17) is 18.5 Å². The van der Waals surface area contributed by atoms with Crippen molar-refractivity contribution < 1.29 is 37.6 Å². The van der Waals surface area contributed by atoms with Crippen molar-refractivity contribution >= 4 is 19.8 Å².